The van der Waals surface area contributed by atoms with Gasteiger partial charge in [0.05, 0.1) is 17.1 Å². The van der Waals surface area contributed by atoms with Gasteiger partial charge in [0.2, 0.25) is 0 Å². The number of carbonyl (C=O) groups excluding carboxylic acids is 2. The Labute approximate surface area is 162 Å². The van der Waals surface area contributed by atoms with Gasteiger partial charge in [-0.2, -0.15) is 0 Å². The lowest BCUT2D eigenvalue weighted by atomic mass is 10.0. The van der Waals surface area contributed by atoms with Crippen LogP contribution < -0.4 is 10.1 Å². The molecule has 28 heavy (non-hydrogen) atoms. The number of esters is 1. The molecule has 1 N–H and O–H groups in total. The first-order valence-electron chi connectivity index (χ1n) is 8.80. The number of amides is 1. The molecule has 0 spiro atoms. The Bertz CT molecular complexity index is 861. The molecule has 1 amide bonds. The standard InChI is InChI=1S/C20H22N2O6/c1-4-27-18-10-7-15(11-17(18)22(25)26)20(24)28-12-19(23)21-16-8-5-14(6-9-16)13(2)3/h5-11,13H,4,12H2,1-3H3,(H,21,23). The first-order chi connectivity index (χ1) is 13.3. The quantitative estimate of drug-likeness (QED) is 0.419. The van der Waals surface area contributed by atoms with Crippen LogP contribution in [0.5, 0.6) is 5.75 Å². The summed E-state index contributed by atoms with van der Waals surface area (Å²) in [5.41, 5.74) is 1.35. The van der Waals surface area contributed by atoms with Crippen molar-refractivity contribution in [1.82, 2.24) is 0 Å². The predicted molar refractivity (Wildman–Crippen MR) is 104 cm³/mol. The van der Waals surface area contributed by atoms with Crippen molar-refractivity contribution < 1.29 is 24.0 Å². The molecule has 2 aromatic carbocycles. The van der Waals surface area contributed by atoms with Crippen LogP contribution in [0.15, 0.2) is 42.5 Å². The highest BCUT2D eigenvalue weighted by molar-refractivity contribution is 5.95. The average Bonchev–Trinajstić information content (AvgIpc) is 2.67. The first-order valence-corrected chi connectivity index (χ1v) is 8.80. The highest BCUT2D eigenvalue weighted by atomic mass is 16.6. The van der Waals surface area contributed by atoms with Crippen molar-refractivity contribution in [3.63, 3.8) is 0 Å². The molecule has 0 heterocycles. The van der Waals surface area contributed by atoms with Gasteiger partial charge in [0.15, 0.2) is 12.4 Å². The topological polar surface area (TPSA) is 108 Å². The van der Waals surface area contributed by atoms with E-state index in [-0.39, 0.29) is 23.6 Å². The zero-order valence-electron chi connectivity index (χ0n) is 15.9. The number of nitrogens with zero attached hydrogens (tertiary/aromatic N) is 1. The van der Waals surface area contributed by atoms with E-state index in [4.69, 9.17) is 9.47 Å². The van der Waals surface area contributed by atoms with Crippen LogP contribution in [-0.2, 0) is 9.53 Å². The summed E-state index contributed by atoms with van der Waals surface area (Å²) in [7, 11) is 0. The van der Waals surface area contributed by atoms with Crippen molar-refractivity contribution in [3.05, 3.63) is 63.7 Å². The summed E-state index contributed by atoms with van der Waals surface area (Å²) in [5.74, 6) is -0.905. The van der Waals surface area contributed by atoms with E-state index in [0.29, 0.717) is 11.6 Å². The van der Waals surface area contributed by atoms with Gasteiger partial charge >= 0.3 is 11.7 Å². The molecular formula is C20H22N2O6. The fraction of sp³-hybridized carbons (Fsp3) is 0.300. The zero-order valence-corrected chi connectivity index (χ0v) is 15.9. The molecule has 0 unspecified atom stereocenters. The number of nitro benzene ring substituents is 1. The van der Waals surface area contributed by atoms with Crippen LogP contribution in [0.3, 0.4) is 0 Å². The zero-order chi connectivity index (χ0) is 20.7. The fourth-order valence-corrected chi connectivity index (χ4v) is 2.43. The number of rotatable bonds is 8. The Morgan fingerprint density at radius 3 is 2.39 bits per heavy atom. The lowest BCUT2D eigenvalue weighted by molar-refractivity contribution is -0.385. The molecule has 8 nitrogen and oxygen atoms in total. The molecule has 148 valence electrons. The molecule has 0 aliphatic carbocycles. The highest BCUT2D eigenvalue weighted by Gasteiger charge is 2.20. The Morgan fingerprint density at radius 1 is 1.14 bits per heavy atom. The first kappa shape index (κ1) is 20.9. The second-order valence-electron chi connectivity index (χ2n) is 6.27. The Hall–Kier alpha value is -3.42. The van der Waals surface area contributed by atoms with Gasteiger partial charge in [-0.1, -0.05) is 26.0 Å². The highest BCUT2D eigenvalue weighted by Crippen LogP contribution is 2.28. The van der Waals surface area contributed by atoms with Gasteiger partial charge < -0.3 is 14.8 Å². The number of ether oxygens (including phenoxy) is 2. The van der Waals surface area contributed by atoms with Crippen LogP contribution in [0, 0.1) is 10.1 Å². The summed E-state index contributed by atoms with van der Waals surface area (Å²) >= 11 is 0. The van der Waals surface area contributed by atoms with Crippen molar-refractivity contribution >= 4 is 23.3 Å². The Morgan fingerprint density at radius 2 is 1.82 bits per heavy atom. The lowest BCUT2D eigenvalue weighted by Crippen LogP contribution is -2.21. The summed E-state index contributed by atoms with van der Waals surface area (Å²) in [4.78, 5) is 34.5. The Balaban J connectivity index is 1.96. The number of nitrogens with one attached hydrogen (secondary N) is 1. The largest absolute Gasteiger partial charge is 0.487 e. The fourth-order valence-electron chi connectivity index (χ4n) is 2.43. The van der Waals surface area contributed by atoms with Crippen LogP contribution in [0.1, 0.15) is 42.6 Å². The van der Waals surface area contributed by atoms with Crippen LogP contribution in [0.2, 0.25) is 0 Å². The predicted octanol–water partition coefficient (Wildman–Crippen LogP) is 3.91. The number of anilines is 1. The van der Waals surface area contributed by atoms with Gasteiger partial charge in [-0.25, -0.2) is 4.79 Å². The van der Waals surface area contributed by atoms with Crippen molar-refractivity contribution in [2.75, 3.05) is 18.5 Å². The van der Waals surface area contributed by atoms with Gasteiger partial charge in [0, 0.05) is 11.8 Å². The third kappa shape index (κ3) is 5.54. The molecular weight excluding hydrogens is 364 g/mol. The molecule has 0 fully saturated rings. The van der Waals surface area contributed by atoms with Crippen molar-refractivity contribution in [2.24, 2.45) is 0 Å². The number of hydrogen-bond donors (Lipinski definition) is 1. The number of benzene rings is 2. The second-order valence-corrected chi connectivity index (χ2v) is 6.27. The average molecular weight is 386 g/mol. The summed E-state index contributed by atoms with van der Waals surface area (Å²) in [5, 5.41) is 13.7. The minimum Gasteiger partial charge on any atom is -0.487 e. The molecule has 0 aliphatic rings. The van der Waals surface area contributed by atoms with E-state index in [9.17, 15) is 19.7 Å². The third-order valence-electron chi connectivity index (χ3n) is 3.89. The van der Waals surface area contributed by atoms with E-state index in [1.54, 1.807) is 19.1 Å². The minimum atomic E-state index is -0.837. The smallest absolute Gasteiger partial charge is 0.338 e. The van der Waals surface area contributed by atoms with Crippen molar-refractivity contribution in [1.29, 1.82) is 0 Å². The molecule has 0 atom stereocenters. The number of hydrogen-bond acceptors (Lipinski definition) is 6. The molecule has 0 saturated carbocycles. The molecule has 2 aromatic rings. The van der Waals surface area contributed by atoms with E-state index in [2.05, 4.69) is 19.2 Å². The molecule has 0 saturated heterocycles. The maximum absolute atomic E-state index is 12.1. The van der Waals surface area contributed by atoms with Gasteiger partial charge in [-0.15, -0.1) is 0 Å². The van der Waals surface area contributed by atoms with E-state index in [1.807, 2.05) is 12.1 Å². The summed E-state index contributed by atoms with van der Waals surface area (Å²) in [6, 6.07) is 11.1. The third-order valence-corrected chi connectivity index (χ3v) is 3.89. The van der Waals surface area contributed by atoms with Gasteiger partial charge in [-0.05, 0) is 42.7 Å². The molecule has 0 aromatic heterocycles. The monoisotopic (exact) mass is 386 g/mol. The van der Waals surface area contributed by atoms with Crippen LogP contribution in [-0.4, -0.2) is 30.0 Å². The lowest BCUT2D eigenvalue weighted by Gasteiger charge is -2.09. The Kier molecular flexibility index (Phi) is 7.08. The number of nitro groups is 1. The van der Waals surface area contributed by atoms with Gasteiger partial charge in [0.25, 0.3) is 5.91 Å². The summed E-state index contributed by atoms with van der Waals surface area (Å²) in [6.07, 6.45) is 0. The summed E-state index contributed by atoms with van der Waals surface area (Å²) < 4.78 is 10.1. The maximum Gasteiger partial charge on any atom is 0.338 e. The van der Waals surface area contributed by atoms with Crippen LogP contribution in [0.4, 0.5) is 11.4 Å². The normalized spacial score (nSPS) is 10.4. The molecule has 0 radical (unpaired) electrons. The molecule has 2 rings (SSSR count). The van der Waals surface area contributed by atoms with Gasteiger partial charge in [0.1, 0.15) is 0 Å². The summed E-state index contributed by atoms with van der Waals surface area (Å²) in [6.45, 7) is 5.58. The van der Waals surface area contributed by atoms with E-state index < -0.39 is 23.4 Å². The molecule has 8 heteroatoms. The molecule has 0 bridgehead atoms. The maximum atomic E-state index is 12.1. The second kappa shape index (κ2) is 9.50. The molecule has 0 aliphatic heterocycles. The minimum absolute atomic E-state index is 0.0377. The van der Waals surface area contributed by atoms with Crippen molar-refractivity contribution in [2.45, 2.75) is 26.7 Å². The van der Waals surface area contributed by atoms with E-state index >= 15 is 0 Å². The van der Waals surface area contributed by atoms with Crippen LogP contribution >= 0.6 is 0 Å². The van der Waals surface area contributed by atoms with E-state index in [0.717, 1.165) is 11.6 Å². The SMILES string of the molecule is CCOc1ccc(C(=O)OCC(=O)Nc2ccc(C(C)C)cc2)cc1[N+](=O)[O-]. The van der Waals surface area contributed by atoms with E-state index in [1.165, 1.54) is 12.1 Å². The van der Waals surface area contributed by atoms with Crippen LogP contribution in [0.25, 0.3) is 0 Å². The van der Waals surface area contributed by atoms with Gasteiger partial charge in [-0.3, -0.25) is 14.9 Å². The number of carbonyl (C=O) groups is 2. The van der Waals surface area contributed by atoms with Crippen molar-refractivity contribution in [3.8, 4) is 5.75 Å².